The maximum absolute atomic E-state index is 12.1. The summed E-state index contributed by atoms with van der Waals surface area (Å²) in [5, 5.41) is 0. The van der Waals surface area contributed by atoms with Gasteiger partial charge in [-0.3, -0.25) is 9.10 Å². The van der Waals surface area contributed by atoms with Gasteiger partial charge >= 0.3 is 5.97 Å². The first-order valence-corrected chi connectivity index (χ1v) is 7.74. The summed E-state index contributed by atoms with van der Waals surface area (Å²) in [7, 11) is -3.51. The van der Waals surface area contributed by atoms with Crippen molar-refractivity contribution in [1.82, 2.24) is 0 Å². The van der Waals surface area contributed by atoms with Crippen molar-refractivity contribution in [2.75, 3.05) is 23.2 Å². The minimum Gasteiger partial charge on any atom is -0.465 e. The molecule has 5 nitrogen and oxygen atoms in total. The fraction of sp³-hybridized carbons (Fsp3) is 0.462. The monoisotopic (exact) mass is 285 g/mol. The number of benzene rings is 1. The normalized spacial score (nSPS) is 11.1. The Hall–Kier alpha value is -1.56. The lowest BCUT2D eigenvalue weighted by molar-refractivity contribution is -0.141. The third-order valence-electron chi connectivity index (χ3n) is 2.57. The Kier molecular flexibility index (Phi) is 5.35. The molecule has 0 bridgehead atoms. The first-order valence-electron chi connectivity index (χ1n) is 6.13. The maximum Gasteiger partial charge on any atom is 0.326 e. The number of anilines is 1. The number of carbonyl (C=O) groups excluding carboxylic acids is 1. The zero-order valence-corrected chi connectivity index (χ0v) is 12.2. The van der Waals surface area contributed by atoms with E-state index < -0.39 is 16.0 Å². The van der Waals surface area contributed by atoms with Crippen LogP contribution >= 0.6 is 0 Å². The average molecular weight is 285 g/mol. The van der Waals surface area contributed by atoms with E-state index in [0.717, 1.165) is 9.87 Å². The zero-order chi connectivity index (χ0) is 14.5. The molecule has 0 N–H and O–H groups in total. The maximum atomic E-state index is 12.1. The van der Waals surface area contributed by atoms with E-state index in [1.165, 1.54) is 0 Å². The molecule has 1 aromatic carbocycles. The van der Waals surface area contributed by atoms with Crippen LogP contribution in [0.25, 0.3) is 0 Å². The molecule has 0 unspecified atom stereocenters. The molecule has 0 aliphatic rings. The van der Waals surface area contributed by atoms with E-state index in [1.54, 1.807) is 32.0 Å². The Morgan fingerprint density at radius 3 is 2.53 bits per heavy atom. The quantitative estimate of drug-likeness (QED) is 0.746. The molecule has 1 aromatic rings. The second kappa shape index (κ2) is 6.56. The molecule has 0 saturated carbocycles. The Labute approximate surface area is 114 Å². The van der Waals surface area contributed by atoms with Crippen molar-refractivity contribution in [3.63, 3.8) is 0 Å². The Morgan fingerprint density at radius 1 is 1.32 bits per heavy atom. The third-order valence-corrected chi connectivity index (χ3v) is 4.31. The molecule has 0 heterocycles. The van der Waals surface area contributed by atoms with E-state index in [-0.39, 0.29) is 18.9 Å². The number of sulfonamides is 1. The predicted octanol–water partition coefficient (Wildman–Crippen LogP) is 1.71. The second-order valence-corrected chi connectivity index (χ2v) is 6.23. The van der Waals surface area contributed by atoms with Gasteiger partial charge in [0, 0.05) is 0 Å². The number of rotatable bonds is 6. The van der Waals surface area contributed by atoms with Gasteiger partial charge in [-0.15, -0.1) is 0 Å². The summed E-state index contributed by atoms with van der Waals surface area (Å²) in [5.74, 6) is -0.624. The van der Waals surface area contributed by atoms with Gasteiger partial charge in [-0.05, 0) is 38.5 Å². The van der Waals surface area contributed by atoms with E-state index in [2.05, 4.69) is 0 Å². The lowest BCUT2D eigenvalue weighted by Gasteiger charge is -2.23. The Morgan fingerprint density at radius 2 is 2.00 bits per heavy atom. The van der Waals surface area contributed by atoms with Crippen LogP contribution in [-0.2, 0) is 19.6 Å². The average Bonchev–Trinajstić information content (AvgIpc) is 2.36. The number of carbonyl (C=O) groups is 1. The van der Waals surface area contributed by atoms with Crippen LogP contribution in [0.3, 0.4) is 0 Å². The van der Waals surface area contributed by atoms with Crippen molar-refractivity contribution in [3.05, 3.63) is 29.8 Å². The molecule has 0 saturated heterocycles. The van der Waals surface area contributed by atoms with Gasteiger partial charge in [-0.25, -0.2) is 8.42 Å². The van der Waals surface area contributed by atoms with Crippen LogP contribution in [0.5, 0.6) is 0 Å². The van der Waals surface area contributed by atoms with Crippen molar-refractivity contribution in [2.45, 2.75) is 20.8 Å². The number of aryl methyl sites for hydroxylation is 1. The number of nitrogens with zero attached hydrogens (tertiary/aromatic N) is 1. The number of hydrogen-bond donors (Lipinski definition) is 0. The van der Waals surface area contributed by atoms with E-state index in [9.17, 15) is 13.2 Å². The largest absolute Gasteiger partial charge is 0.465 e. The van der Waals surface area contributed by atoms with Gasteiger partial charge in [-0.2, -0.15) is 0 Å². The van der Waals surface area contributed by atoms with Crippen LogP contribution in [0.1, 0.15) is 19.4 Å². The molecule has 0 atom stereocenters. The summed E-state index contributed by atoms with van der Waals surface area (Å²) in [5.41, 5.74) is 1.41. The van der Waals surface area contributed by atoms with E-state index in [1.807, 2.05) is 13.0 Å². The van der Waals surface area contributed by atoms with Crippen LogP contribution in [0, 0.1) is 6.92 Å². The molecule has 0 aliphatic carbocycles. The lowest BCUT2D eigenvalue weighted by atomic mass is 10.2. The van der Waals surface area contributed by atoms with Gasteiger partial charge in [0.1, 0.15) is 6.54 Å². The summed E-state index contributed by atoms with van der Waals surface area (Å²) in [6.45, 7) is 5.03. The highest BCUT2D eigenvalue weighted by molar-refractivity contribution is 7.92. The Bertz CT molecular complexity index is 539. The highest BCUT2D eigenvalue weighted by Crippen LogP contribution is 2.19. The predicted molar refractivity (Wildman–Crippen MR) is 74.6 cm³/mol. The molecule has 0 spiro atoms. The molecule has 0 fully saturated rings. The molecule has 1 rings (SSSR count). The molecule has 0 aliphatic heterocycles. The van der Waals surface area contributed by atoms with Crippen molar-refractivity contribution >= 4 is 21.7 Å². The lowest BCUT2D eigenvalue weighted by Crippen LogP contribution is -2.37. The molecule has 6 heteroatoms. The van der Waals surface area contributed by atoms with Crippen LogP contribution < -0.4 is 4.31 Å². The minimum atomic E-state index is -3.51. The molecule has 0 amide bonds. The highest BCUT2D eigenvalue weighted by Gasteiger charge is 2.23. The molecule has 106 valence electrons. The SMILES string of the molecule is CCOC(=O)CN(c1cccc(C)c1)S(=O)(=O)CC. The zero-order valence-electron chi connectivity index (χ0n) is 11.4. The van der Waals surface area contributed by atoms with Crippen LogP contribution in [0.2, 0.25) is 0 Å². The van der Waals surface area contributed by atoms with Crippen molar-refractivity contribution in [2.24, 2.45) is 0 Å². The molecule has 0 aromatic heterocycles. The smallest absolute Gasteiger partial charge is 0.326 e. The summed E-state index contributed by atoms with van der Waals surface area (Å²) < 4.78 is 30.1. The third kappa shape index (κ3) is 4.24. The number of esters is 1. The highest BCUT2D eigenvalue weighted by atomic mass is 32.2. The van der Waals surface area contributed by atoms with Crippen molar-refractivity contribution < 1.29 is 17.9 Å². The van der Waals surface area contributed by atoms with Crippen molar-refractivity contribution in [1.29, 1.82) is 0 Å². The van der Waals surface area contributed by atoms with Gasteiger partial charge in [0.25, 0.3) is 0 Å². The van der Waals surface area contributed by atoms with Gasteiger partial charge in [-0.1, -0.05) is 12.1 Å². The summed E-state index contributed by atoms with van der Waals surface area (Å²) in [6.07, 6.45) is 0. The fourth-order valence-electron chi connectivity index (χ4n) is 1.61. The molecular formula is C13H19NO4S. The first-order chi connectivity index (χ1) is 8.90. The van der Waals surface area contributed by atoms with E-state index >= 15 is 0 Å². The van der Waals surface area contributed by atoms with Crippen LogP contribution in [0.15, 0.2) is 24.3 Å². The molecule has 0 radical (unpaired) electrons. The van der Waals surface area contributed by atoms with Crippen LogP contribution in [-0.4, -0.2) is 33.3 Å². The molecule has 19 heavy (non-hydrogen) atoms. The summed E-state index contributed by atoms with van der Waals surface area (Å²) in [6, 6.07) is 7.02. The topological polar surface area (TPSA) is 63.7 Å². The van der Waals surface area contributed by atoms with Crippen LogP contribution in [0.4, 0.5) is 5.69 Å². The van der Waals surface area contributed by atoms with E-state index in [0.29, 0.717) is 5.69 Å². The second-order valence-electron chi connectivity index (χ2n) is 4.05. The van der Waals surface area contributed by atoms with Gasteiger partial charge in [0.05, 0.1) is 18.0 Å². The Balaban J connectivity index is 3.10. The number of ether oxygens (including phenoxy) is 1. The fourth-order valence-corrected chi connectivity index (χ4v) is 2.66. The van der Waals surface area contributed by atoms with Gasteiger partial charge < -0.3 is 4.74 Å². The minimum absolute atomic E-state index is 0.0691. The van der Waals surface area contributed by atoms with Gasteiger partial charge in [0.2, 0.25) is 10.0 Å². The van der Waals surface area contributed by atoms with E-state index in [4.69, 9.17) is 4.74 Å². The summed E-state index contributed by atoms with van der Waals surface area (Å²) >= 11 is 0. The number of hydrogen-bond acceptors (Lipinski definition) is 4. The van der Waals surface area contributed by atoms with Gasteiger partial charge in [0.15, 0.2) is 0 Å². The van der Waals surface area contributed by atoms with Crippen molar-refractivity contribution in [3.8, 4) is 0 Å². The first kappa shape index (κ1) is 15.5. The molecular weight excluding hydrogens is 266 g/mol. The standard InChI is InChI=1S/C13H19NO4S/c1-4-18-13(15)10-14(19(16,17)5-2)12-8-6-7-11(3)9-12/h6-9H,4-5,10H2,1-3H3. The summed E-state index contributed by atoms with van der Waals surface area (Å²) in [4.78, 5) is 11.5.